The summed E-state index contributed by atoms with van der Waals surface area (Å²) in [6.45, 7) is 9.50. The first-order chi connectivity index (χ1) is 17.9. The summed E-state index contributed by atoms with van der Waals surface area (Å²) >= 11 is 0. The summed E-state index contributed by atoms with van der Waals surface area (Å²) in [6, 6.07) is 13.7. The van der Waals surface area contributed by atoms with Gasteiger partial charge in [-0.2, -0.15) is 0 Å². The normalized spacial score (nSPS) is 11.2. The zero-order valence-corrected chi connectivity index (χ0v) is 23.3. The van der Waals surface area contributed by atoms with E-state index < -0.39 is 0 Å². The summed E-state index contributed by atoms with van der Waals surface area (Å²) in [5.41, 5.74) is 4.11. The van der Waals surface area contributed by atoms with E-state index in [-0.39, 0.29) is 12.0 Å². The molecule has 2 amide bonds. The lowest BCUT2D eigenvalue weighted by atomic mass is 10.0. The topological polar surface area (TPSA) is 67.9 Å². The number of ether oxygens (including phenoxy) is 2. The van der Waals surface area contributed by atoms with Crippen LogP contribution < -0.4 is 15.0 Å². The highest BCUT2D eigenvalue weighted by Crippen LogP contribution is 2.34. The van der Waals surface area contributed by atoms with Crippen LogP contribution in [0.1, 0.15) is 78.2 Å². The second-order valence-electron chi connectivity index (χ2n) is 9.26. The number of benzene rings is 2. The van der Waals surface area contributed by atoms with Gasteiger partial charge in [0.15, 0.2) is 0 Å². The van der Waals surface area contributed by atoms with Crippen molar-refractivity contribution in [1.82, 2.24) is 5.32 Å². The molecule has 2 rings (SSSR count). The van der Waals surface area contributed by atoms with Crippen molar-refractivity contribution in [1.29, 1.82) is 0 Å². The van der Waals surface area contributed by atoms with E-state index in [1.807, 2.05) is 48.5 Å². The number of unbranched alkanes of at least 4 members (excludes halogenated alkanes) is 5. The average Bonchev–Trinajstić information content (AvgIpc) is 2.90. The number of nitrogens with zero attached hydrogens (tertiary/aromatic N) is 1. The Morgan fingerprint density at radius 1 is 0.946 bits per heavy atom. The molecule has 6 nitrogen and oxygen atoms in total. The van der Waals surface area contributed by atoms with Gasteiger partial charge in [0.25, 0.3) is 0 Å². The molecule has 0 saturated carbocycles. The fourth-order valence-corrected chi connectivity index (χ4v) is 3.91. The fourth-order valence-electron chi connectivity index (χ4n) is 3.91. The summed E-state index contributed by atoms with van der Waals surface area (Å²) in [5, 5.41) is 3.02. The van der Waals surface area contributed by atoms with Crippen LogP contribution in [0, 0.1) is 0 Å². The van der Waals surface area contributed by atoms with E-state index in [2.05, 4.69) is 19.2 Å². The zero-order chi connectivity index (χ0) is 27.0. The first-order valence-corrected chi connectivity index (χ1v) is 13.6. The van der Waals surface area contributed by atoms with Crippen molar-refractivity contribution in [3.8, 4) is 16.9 Å². The minimum Gasteiger partial charge on any atom is -0.493 e. The first kappa shape index (κ1) is 29.9. The van der Waals surface area contributed by atoms with Crippen LogP contribution in [0.5, 0.6) is 5.75 Å². The quantitative estimate of drug-likeness (QED) is 0.153. The maximum absolute atomic E-state index is 12.7. The summed E-state index contributed by atoms with van der Waals surface area (Å²) in [4.78, 5) is 26.4. The summed E-state index contributed by atoms with van der Waals surface area (Å²) < 4.78 is 11.3. The molecule has 0 aliphatic carbocycles. The van der Waals surface area contributed by atoms with Crippen LogP contribution in [0.25, 0.3) is 17.2 Å². The summed E-state index contributed by atoms with van der Waals surface area (Å²) in [6.07, 6.45) is 9.59. The Balaban J connectivity index is 2.22. The standard InChI is InChI=1S/C31H44N2O4/c1-6-9-11-12-13-19-32-31(35)33(5)27-16-14-15-26(23-27)28-18-17-25(21-24(4)30(34)36-8-3)22-29(28)37-20-10-7-2/h14-18,21-23H,6-13,19-20H2,1-5H3,(H,32,35). The molecule has 2 aromatic carbocycles. The van der Waals surface area contributed by atoms with Crippen LogP contribution in [0.3, 0.4) is 0 Å². The van der Waals surface area contributed by atoms with Gasteiger partial charge < -0.3 is 14.8 Å². The number of urea groups is 1. The minimum atomic E-state index is -0.324. The number of hydrogen-bond donors (Lipinski definition) is 1. The van der Waals surface area contributed by atoms with E-state index in [1.54, 1.807) is 25.8 Å². The number of nitrogens with one attached hydrogen (secondary N) is 1. The molecule has 0 heterocycles. The van der Waals surface area contributed by atoms with Gasteiger partial charge in [-0.3, -0.25) is 4.90 Å². The van der Waals surface area contributed by atoms with Gasteiger partial charge in [-0.15, -0.1) is 0 Å². The van der Waals surface area contributed by atoms with Gasteiger partial charge in [-0.05, 0) is 62.1 Å². The fraction of sp³-hybridized carbons (Fsp3) is 0.484. The Bertz CT molecular complexity index is 1030. The Kier molecular flexibility index (Phi) is 13.3. The van der Waals surface area contributed by atoms with Crippen molar-refractivity contribution in [2.75, 3.05) is 31.7 Å². The third-order valence-electron chi connectivity index (χ3n) is 6.15. The van der Waals surface area contributed by atoms with Gasteiger partial charge in [-0.25, -0.2) is 9.59 Å². The van der Waals surface area contributed by atoms with E-state index in [1.165, 1.54) is 19.3 Å². The molecule has 0 atom stereocenters. The predicted octanol–water partition coefficient (Wildman–Crippen LogP) is 7.62. The van der Waals surface area contributed by atoms with Crippen molar-refractivity contribution in [2.45, 2.75) is 72.6 Å². The molecule has 0 aliphatic rings. The first-order valence-electron chi connectivity index (χ1n) is 13.6. The van der Waals surface area contributed by atoms with Crippen molar-refractivity contribution < 1.29 is 19.1 Å². The van der Waals surface area contributed by atoms with Crippen molar-refractivity contribution in [3.63, 3.8) is 0 Å². The van der Waals surface area contributed by atoms with Gasteiger partial charge in [-0.1, -0.05) is 70.2 Å². The van der Waals surface area contributed by atoms with Gasteiger partial charge >= 0.3 is 12.0 Å². The van der Waals surface area contributed by atoms with Crippen LogP contribution in [0.4, 0.5) is 10.5 Å². The van der Waals surface area contributed by atoms with E-state index in [0.29, 0.717) is 25.3 Å². The second-order valence-corrected chi connectivity index (χ2v) is 9.26. The largest absolute Gasteiger partial charge is 0.493 e. The van der Waals surface area contributed by atoms with Crippen LogP contribution in [-0.2, 0) is 9.53 Å². The molecule has 0 aliphatic heterocycles. The SMILES string of the molecule is CCCCCCCNC(=O)N(C)c1cccc(-c2ccc(C=C(C)C(=O)OCC)cc2OCCCC)c1. The monoisotopic (exact) mass is 508 g/mol. The highest BCUT2D eigenvalue weighted by Gasteiger charge is 2.14. The molecule has 0 saturated heterocycles. The van der Waals surface area contributed by atoms with Crippen molar-refractivity contribution in [2.24, 2.45) is 0 Å². The Morgan fingerprint density at radius 3 is 2.43 bits per heavy atom. The molecule has 37 heavy (non-hydrogen) atoms. The molecule has 0 aromatic heterocycles. The lowest BCUT2D eigenvalue weighted by molar-refractivity contribution is -0.138. The minimum absolute atomic E-state index is 0.109. The van der Waals surface area contributed by atoms with E-state index in [9.17, 15) is 9.59 Å². The molecule has 1 N–H and O–H groups in total. The third-order valence-corrected chi connectivity index (χ3v) is 6.15. The smallest absolute Gasteiger partial charge is 0.333 e. The van der Waals surface area contributed by atoms with E-state index in [0.717, 1.165) is 53.8 Å². The summed E-state index contributed by atoms with van der Waals surface area (Å²) in [7, 11) is 1.79. The van der Waals surface area contributed by atoms with Crippen molar-refractivity contribution >= 4 is 23.8 Å². The molecule has 0 unspecified atom stereocenters. The van der Waals surface area contributed by atoms with E-state index >= 15 is 0 Å². The van der Waals surface area contributed by atoms with Crippen LogP contribution in [0.2, 0.25) is 0 Å². The Morgan fingerprint density at radius 2 is 1.70 bits per heavy atom. The lowest BCUT2D eigenvalue weighted by Gasteiger charge is -2.20. The number of carbonyl (C=O) groups is 2. The van der Waals surface area contributed by atoms with Crippen LogP contribution in [-0.4, -0.2) is 38.8 Å². The number of amides is 2. The van der Waals surface area contributed by atoms with Gasteiger partial charge in [0, 0.05) is 30.4 Å². The van der Waals surface area contributed by atoms with Crippen molar-refractivity contribution in [3.05, 3.63) is 53.6 Å². The molecule has 0 fully saturated rings. The van der Waals surface area contributed by atoms with Crippen LogP contribution in [0.15, 0.2) is 48.0 Å². The average molecular weight is 509 g/mol. The summed E-state index contributed by atoms with van der Waals surface area (Å²) in [5.74, 6) is 0.421. The number of anilines is 1. The molecular weight excluding hydrogens is 464 g/mol. The predicted molar refractivity (Wildman–Crippen MR) is 153 cm³/mol. The third kappa shape index (κ3) is 9.95. The molecule has 0 radical (unpaired) electrons. The molecular formula is C31H44N2O4. The molecule has 0 spiro atoms. The highest BCUT2D eigenvalue weighted by atomic mass is 16.5. The van der Waals surface area contributed by atoms with Crippen LogP contribution >= 0.6 is 0 Å². The Labute approximate surface area is 223 Å². The zero-order valence-electron chi connectivity index (χ0n) is 23.3. The van der Waals surface area contributed by atoms with Gasteiger partial charge in [0.05, 0.1) is 13.2 Å². The number of carbonyl (C=O) groups excluding carboxylic acids is 2. The number of rotatable bonds is 15. The molecule has 202 valence electrons. The maximum atomic E-state index is 12.7. The van der Waals surface area contributed by atoms with Gasteiger partial charge in [0.1, 0.15) is 5.75 Å². The molecule has 0 bridgehead atoms. The second kappa shape index (κ2) is 16.5. The maximum Gasteiger partial charge on any atom is 0.333 e. The number of hydrogen-bond acceptors (Lipinski definition) is 4. The lowest BCUT2D eigenvalue weighted by Crippen LogP contribution is -2.37. The molecule has 2 aromatic rings. The Hall–Kier alpha value is -3.28. The number of esters is 1. The highest BCUT2D eigenvalue weighted by molar-refractivity contribution is 5.94. The van der Waals surface area contributed by atoms with Gasteiger partial charge in [0.2, 0.25) is 0 Å². The van der Waals surface area contributed by atoms with E-state index in [4.69, 9.17) is 9.47 Å². The molecule has 6 heteroatoms.